The summed E-state index contributed by atoms with van der Waals surface area (Å²) < 4.78 is 0. The maximum Gasteiger partial charge on any atom is 0.220 e. The van der Waals surface area contributed by atoms with Crippen molar-refractivity contribution in [2.24, 2.45) is 4.99 Å². The normalized spacial score (nSPS) is 10.3. The van der Waals surface area contributed by atoms with Crippen LogP contribution in [0.15, 0.2) is 4.99 Å². The second-order valence-electron chi connectivity index (χ2n) is 4.88. The summed E-state index contributed by atoms with van der Waals surface area (Å²) in [6.07, 6.45) is 12.3. The lowest BCUT2D eigenvalue weighted by atomic mass is 10.1. The Morgan fingerprint density at radius 3 is 2.11 bits per heavy atom. The highest BCUT2D eigenvalue weighted by Gasteiger charge is 1.99. The van der Waals surface area contributed by atoms with Crippen LogP contribution in [0, 0.1) is 0 Å². The lowest BCUT2D eigenvalue weighted by Crippen LogP contribution is -2.25. The molecule has 0 saturated heterocycles. The highest BCUT2D eigenvalue weighted by molar-refractivity contribution is 5.75. The molecular formula is C15H30N2O. The van der Waals surface area contributed by atoms with Gasteiger partial charge in [-0.15, -0.1) is 0 Å². The number of hydrogen-bond acceptors (Lipinski definition) is 2. The van der Waals surface area contributed by atoms with Crippen molar-refractivity contribution >= 4 is 12.6 Å². The first kappa shape index (κ1) is 17.1. The monoisotopic (exact) mass is 254 g/mol. The lowest BCUT2D eigenvalue weighted by molar-refractivity contribution is -0.121. The molecular weight excluding hydrogens is 224 g/mol. The molecule has 1 N–H and O–H groups in total. The fourth-order valence-electron chi connectivity index (χ4n) is 1.96. The van der Waals surface area contributed by atoms with Crippen LogP contribution in [0.25, 0.3) is 0 Å². The van der Waals surface area contributed by atoms with Gasteiger partial charge in [0.25, 0.3) is 0 Å². The van der Waals surface area contributed by atoms with Crippen LogP contribution in [0.3, 0.4) is 0 Å². The van der Waals surface area contributed by atoms with Crippen LogP contribution >= 0.6 is 0 Å². The Morgan fingerprint density at radius 1 is 1.00 bits per heavy atom. The average molecular weight is 254 g/mol. The maximum atomic E-state index is 11.4. The molecule has 0 aromatic carbocycles. The molecule has 0 aliphatic carbocycles. The van der Waals surface area contributed by atoms with E-state index in [1.807, 2.05) is 0 Å². The minimum atomic E-state index is 0.154. The summed E-state index contributed by atoms with van der Waals surface area (Å²) in [5.74, 6) is 0.154. The molecule has 0 spiro atoms. The molecule has 0 radical (unpaired) electrons. The zero-order valence-corrected chi connectivity index (χ0v) is 12.0. The summed E-state index contributed by atoms with van der Waals surface area (Å²) in [7, 11) is 0. The molecule has 0 aliphatic heterocycles. The highest BCUT2D eigenvalue weighted by Crippen LogP contribution is 2.10. The van der Waals surface area contributed by atoms with Gasteiger partial charge in [-0.25, -0.2) is 0 Å². The topological polar surface area (TPSA) is 41.5 Å². The van der Waals surface area contributed by atoms with Gasteiger partial charge in [0.2, 0.25) is 5.91 Å². The summed E-state index contributed by atoms with van der Waals surface area (Å²) in [6, 6.07) is 0. The number of carbonyl (C=O) groups excluding carboxylic acids is 1. The van der Waals surface area contributed by atoms with Crippen molar-refractivity contribution in [2.75, 3.05) is 13.1 Å². The number of nitrogens with one attached hydrogen (secondary N) is 1. The van der Waals surface area contributed by atoms with Crippen LogP contribution in [-0.2, 0) is 4.79 Å². The van der Waals surface area contributed by atoms with Crippen molar-refractivity contribution in [1.82, 2.24) is 5.32 Å². The number of unbranched alkanes of at least 4 members (excludes halogenated alkanes) is 8. The Bertz CT molecular complexity index is 205. The van der Waals surface area contributed by atoms with E-state index in [1.165, 1.54) is 51.4 Å². The van der Waals surface area contributed by atoms with Crippen molar-refractivity contribution < 1.29 is 4.79 Å². The number of aliphatic imine (C=N–C) groups is 1. The number of carbonyl (C=O) groups is 1. The Balaban J connectivity index is 3.10. The predicted molar refractivity (Wildman–Crippen MR) is 79.3 cm³/mol. The molecule has 0 rings (SSSR count). The first-order valence-corrected chi connectivity index (χ1v) is 7.50. The van der Waals surface area contributed by atoms with Crippen molar-refractivity contribution in [3.63, 3.8) is 0 Å². The third-order valence-electron chi connectivity index (χ3n) is 3.10. The number of nitrogens with zero attached hydrogens (tertiary/aromatic N) is 1. The Hall–Kier alpha value is -0.860. The second kappa shape index (κ2) is 14.2. The van der Waals surface area contributed by atoms with Gasteiger partial charge in [0.05, 0.1) is 6.54 Å². The largest absolute Gasteiger partial charge is 0.354 e. The van der Waals surface area contributed by atoms with E-state index in [0.29, 0.717) is 19.5 Å². The van der Waals surface area contributed by atoms with Gasteiger partial charge in [0, 0.05) is 13.0 Å². The van der Waals surface area contributed by atoms with Crippen LogP contribution in [0.5, 0.6) is 0 Å². The van der Waals surface area contributed by atoms with Gasteiger partial charge in [-0.3, -0.25) is 9.79 Å². The molecule has 106 valence electrons. The van der Waals surface area contributed by atoms with Crippen molar-refractivity contribution in [1.29, 1.82) is 0 Å². The Kier molecular flexibility index (Phi) is 13.5. The highest BCUT2D eigenvalue weighted by atomic mass is 16.1. The third-order valence-corrected chi connectivity index (χ3v) is 3.10. The van der Waals surface area contributed by atoms with E-state index in [1.54, 1.807) is 0 Å². The molecule has 18 heavy (non-hydrogen) atoms. The van der Waals surface area contributed by atoms with Crippen LogP contribution in [0.1, 0.15) is 71.1 Å². The van der Waals surface area contributed by atoms with Crippen molar-refractivity contribution in [3.05, 3.63) is 0 Å². The van der Waals surface area contributed by atoms with Crippen LogP contribution in [0.2, 0.25) is 0 Å². The van der Waals surface area contributed by atoms with E-state index in [2.05, 4.69) is 24.0 Å². The molecule has 0 unspecified atom stereocenters. The Morgan fingerprint density at radius 2 is 1.56 bits per heavy atom. The quantitative estimate of drug-likeness (QED) is 0.395. The fourth-order valence-corrected chi connectivity index (χ4v) is 1.96. The van der Waals surface area contributed by atoms with E-state index >= 15 is 0 Å². The minimum absolute atomic E-state index is 0.154. The molecule has 0 bridgehead atoms. The number of hydrogen-bond donors (Lipinski definition) is 1. The summed E-state index contributed by atoms with van der Waals surface area (Å²) in [5.41, 5.74) is 0. The molecule has 3 nitrogen and oxygen atoms in total. The van der Waals surface area contributed by atoms with Crippen molar-refractivity contribution in [3.8, 4) is 0 Å². The van der Waals surface area contributed by atoms with Gasteiger partial charge in [-0.05, 0) is 13.1 Å². The third kappa shape index (κ3) is 13.2. The molecule has 3 heteroatoms. The van der Waals surface area contributed by atoms with E-state index in [4.69, 9.17) is 0 Å². The van der Waals surface area contributed by atoms with Crippen LogP contribution < -0.4 is 5.32 Å². The summed E-state index contributed by atoms with van der Waals surface area (Å²) in [6.45, 7) is 6.86. The van der Waals surface area contributed by atoms with E-state index in [0.717, 1.165) is 6.42 Å². The summed E-state index contributed by atoms with van der Waals surface area (Å²) in [4.78, 5) is 15.0. The zero-order chi connectivity index (χ0) is 13.5. The minimum Gasteiger partial charge on any atom is -0.354 e. The Labute approximate surface area is 112 Å². The van der Waals surface area contributed by atoms with Gasteiger partial charge in [0.15, 0.2) is 0 Å². The molecule has 0 heterocycles. The summed E-state index contributed by atoms with van der Waals surface area (Å²) >= 11 is 0. The van der Waals surface area contributed by atoms with Crippen LogP contribution in [0.4, 0.5) is 0 Å². The predicted octanol–water partition coefficient (Wildman–Crippen LogP) is 3.72. The van der Waals surface area contributed by atoms with E-state index < -0.39 is 0 Å². The standard InChI is InChI=1S/C15H30N2O/c1-3-4-5-6-7-8-9-10-11-12-15(18)17-14-13-16-2/h2-14H2,1H3,(H,17,18). The van der Waals surface area contributed by atoms with Gasteiger partial charge in [-0.1, -0.05) is 58.3 Å². The molecule has 1 amide bonds. The van der Waals surface area contributed by atoms with Gasteiger partial charge < -0.3 is 5.32 Å². The van der Waals surface area contributed by atoms with E-state index in [9.17, 15) is 4.79 Å². The zero-order valence-electron chi connectivity index (χ0n) is 12.0. The fraction of sp³-hybridized carbons (Fsp3) is 0.867. The molecule has 0 aliphatic rings. The first-order valence-electron chi connectivity index (χ1n) is 7.50. The SMILES string of the molecule is C=NCCNC(=O)CCCCCCCCCCC. The molecule has 0 aromatic rings. The average Bonchev–Trinajstić information content (AvgIpc) is 2.37. The maximum absolute atomic E-state index is 11.4. The van der Waals surface area contributed by atoms with E-state index in [-0.39, 0.29) is 5.91 Å². The first-order chi connectivity index (χ1) is 8.81. The smallest absolute Gasteiger partial charge is 0.220 e. The molecule has 0 saturated carbocycles. The van der Waals surface area contributed by atoms with Gasteiger partial charge in [0.1, 0.15) is 0 Å². The number of rotatable bonds is 13. The van der Waals surface area contributed by atoms with Crippen LogP contribution in [-0.4, -0.2) is 25.7 Å². The van der Waals surface area contributed by atoms with Crippen molar-refractivity contribution in [2.45, 2.75) is 71.1 Å². The van der Waals surface area contributed by atoms with Gasteiger partial charge in [-0.2, -0.15) is 0 Å². The number of amides is 1. The molecule has 0 fully saturated rings. The molecule has 0 atom stereocenters. The molecule has 0 aromatic heterocycles. The summed E-state index contributed by atoms with van der Waals surface area (Å²) in [5, 5.41) is 2.84. The lowest BCUT2D eigenvalue weighted by Gasteiger charge is -2.03. The second-order valence-corrected chi connectivity index (χ2v) is 4.88. The van der Waals surface area contributed by atoms with Gasteiger partial charge >= 0.3 is 0 Å².